The van der Waals surface area contributed by atoms with Gasteiger partial charge in [-0.3, -0.25) is 19.5 Å². The molecule has 1 atom stereocenters. The summed E-state index contributed by atoms with van der Waals surface area (Å²) in [6.07, 6.45) is 1.58. The van der Waals surface area contributed by atoms with Crippen molar-refractivity contribution < 1.29 is 14.7 Å². The smallest absolute Gasteiger partial charge is 0.296 e. The molecular weight excluding hydrogens is 396 g/mol. The van der Waals surface area contributed by atoms with Crippen molar-refractivity contribution in [1.82, 2.24) is 15.2 Å². The van der Waals surface area contributed by atoms with Crippen molar-refractivity contribution in [1.29, 1.82) is 0 Å². The quantitative estimate of drug-likeness (QED) is 0.639. The first-order valence-corrected chi connectivity index (χ1v) is 10.3. The van der Waals surface area contributed by atoms with Crippen molar-refractivity contribution in [3.63, 3.8) is 0 Å². The van der Waals surface area contributed by atoms with Crippen LogP contribution in [-0.4, -0.2) is 32.0 Å². The Balaban J connectivity index is 1.85. The number of carbonyl (C=O) groups excluding carboxylic acids is 2. The summed E-state index contributed by atoms with van der Waals surface area (Å²) < 4.78 is 0. The highest BCUT2D eigenvalue weighted by atomic mass is 32.1. The molecule has 0 aromatic carbocycles. The number of hydrogen-bond acceptors (Lipinski definition) is 8. The molecule has 0 spiro atoms. The number of carbonyl (C=O) groups is 2. The van der Waals surface area contributed by atoms with E-state index in [4.69, 9.17) is 0 Å². The van der Waals surface area contributed by atoms with Crippen molar-refractivity contribution in [2.45, 2.75) is 25.8 Å². The standard InChI is InChI=1S/C19H16N4O3S2/c1-10(2)17-21-22-19(28-17)23-14(11-6-3-4-8-20-11)13(16(25)18(23)26)15(24)12-7-5-9-27-12/h3-10,14,25H,1-2H3. The molecule has 3 aromatic rings. The number of Topliss-reactive ketones (excluding diaryl/α,β-unsaturated/α-hetero) is 1. The third-order valence-corrected chi connectivity index (χ3v) is 6.39. The van der Waals surface area contributed by atoms with Gasteiger partial charge in [-0.2, -0.15) is 0 Å². The lowest BCUT2D eigenvalue weighted by Gasteiger charge is -2.22. The third-order valence-electron chi connectivity index (χ3n) is 4.30. The van der Waals surface area contributed by atoms with Crippen LogP contribution in [0, 0.1) is 0 Å². The fraction of sp³-hybridized carbons (Fsp3) is 0.211. The highest BCUT2D eigenvalue weighted by molar-refractivity contribution is 7.15. The van der Waals surface area contributed by atoms with Gasteiger partial charge in [0.25, 0.3) is 5.91 Å². The number of aliphatic hydroxyl groups excluding tert-OH is 1. The van der Waals surface area contributed by atoms with Crippen molar-refractivity contribution >= 4 is 39.5 Å². The maximum Gasteiger partial charge on any atom is 0.296 e. The summed E-state index contributed by atoms with van der Waals surface area (Å²) in [4.78, 5) is 32.1. The second-order valence-corrected chi connectivity index (χ2v) is 8.41. The number of rotatable bonds is 5. The number of thiophene rings is 1. The molecule has 9 heteroatoms. The molecule has 4 rings (SSSR count). The predicted molar refractivity (Wildman–Crippen MR) is 107 cm³/mol. The van der Waals surface area contributed by atoms with E-state index in [0.29, 0.717) is 15.7 Å². The minimum absolute atomic E-state index is 0.00690. The number of aromatic nitrogens is 3. The van der Waals surface area contributed by atoms with Crippen molar-refractivity contribution in [3.05, 3.63) is 68.8 Å². The van der Waals surface area contributed by atoms with E-state index in [-0.39, 0.29) is 11.5 Å². The van der Waals surface area contributed by atoms with Crippen LogP contribution in [0.4, 0.5) is 5.13 Å². The molecule has 0 aliphatic carbocycles. The number of ketones is 1. The predicted octanol–water partition coefficient (Wildman–Crippen LogP) is 3.90. The van der Waals surface area contributed by atoms with Gasteiger partial charge >= 0.3 is 0 Å². The maximum absolute atomic E-state index is 13.1. The highest BCUT2D eigenvalue weighted by Crippen LogP contribution is 2.42. The summed E-state index contributed by atoms with van der Waals surface area (Å²) in [7, 11) is 0. The molecular formula is C19H16N4O3S2. The minimum atomic E-state index is -0.865. The molecule has 1 amide bonds. The first kappa shape index (κ1) is 18.5. The van der Waals surface area contributed by atoms with E-state index < -0.39 is 23.5 Å². The number of nitrogens with zero attached hydrogens (tertiary/aromatic N) is 4. The lowest BCUT2D eigenvalue weighted by molar-refractivity contribution is -0.117. The second kappa shape index (κ2) is 7.25. The molecule has 7 nitrogen and oxygen atoms in total. The maximum atomic E-state index is 13.1. The average Bonchev–Trinajstić information content (AvgIpc) is 3.43. The molecule has 0 saturated carbocycles. The minimum Gasteiger partial charge on any atom is -0.503 e. The van der Waals surface area contributed by atoms with Crippen LogP contribution in [-0.2, 0) is 4.79 Å². The van der Waals surface area contributed by atoms with Crippen LogP contribution in [0.1, 0.15) is 46.2 Å². The van der Waals surface area contributed by atoms with Crippen molar-refractivity contribution in [2.24, 2.45) is 0 Å². The van der Waals surface area contributed by atoms with Gasteiger partial charge in [0.2, 0.25) is 10.9 Å². The van der Waals surface area contributed by atoms with Gasteiger partial charge in [0.1, 0.15) is 11.0 Å². The fourth-order valence-corrected chi connectivity index (χ4v) is 4.50. The molecule has 0 fully saturated rings. The summed E-state index contributed by atoms with van der Waals surface area (Å²) in [5, 5.41) is 21.7. The zero-order valence-electron chi connectivity index (χ0n) is 15.1. The van der Waals surface area contributed by atoms with Crippen molar-refractivity contribution in [2.75, 3.05) is 4.90 Å². The van der Waals surface area contributed by atoms with E-state index in [0.717, 1.165) is 5.01 Å². The first-order chi connectivity index (χ1) is 13.5. The van der Waals surface area contributed by atoms with Crippen LogP contribution in [0.5, 0.6) is 0 Å². The van der Waals surface area contributed by atoms with Gasteiger partial charge in [-0.05, 0) is 23.6 Å². The van der Waals surface area contributed by atoms with Gasteiger partial charge in [-0.15, -0.1) is 21.5 Å². The number of pyridine rings is 1. The summed E-state index contributed by atoms with van der Waals surface area (Å²) in [6, 6.07) is 7.79. The van der Waals surface area contributed by atoms with Crippen LogP contribution < -0.4 is 4.90 Å². The summed E-state index contributed by atoms with van der Waals surface area (Å²) in [5.74, 6) is -1.50. The monoisotopic (exact) mass is 412 g/mol. The molecule has 1 unspecified atom stereocenters. The van der Waals surface area contributed by atoms with E-state index >= 15 is 0 Å². The Hall–Kier alpha value is -2.91. The zero-order valence-corrected chi connectivity index (χ0v) is 16.7. The Morgan fingerprint density at radius 3 is 2.64 bits per heavy atom. The normalized spacial score (nSPS) is 17.0. The Kier molecular flexibility index (Phi) is 4.78. The molecule has 1 aliphatic rings. The first-order valence-electron chi connectivity index (χ1n) is 8.58. The van der Waals surface area contributed by atoms with Crippen LogP contribution in [0.3, 0.4) is 0 Å². The van der Waals surface area contributed by atoms with E-state index in [1.807, 2.05) is 13.8 Å². The van der Waals surface area contributed by atoms with Gasteiger partial charge in [-0.1, -0.05) is 37.3 Å². The highest BCUT2D eigenvalue weighted by Gasteiger charge is 2.46. The number of anilines is 1. The molecule has 0 saturated heterocycles. The Bertz CT molecular complexity index is 1060. The Morgan fingerprint density at radius 1 is 1.21 bits per heavy atom. The molecule has 142 valence electrons. The van der Waals surface area contributed by atoms with E-state index in [2.05, 4.69) is 15.2 Å². The molecule has 0 radical (unpaired) electrons. The largest absolute Gasteiger partial charge is 0.503 e. The van der Waals surface area contributed by atoms with E-state index in [1.165, 1.54) is 27.6 Å². The summed E-state index contributed by atoms with van der Waals surface area (Å²) >= 11 is 2.52. The molecule has 0 bridgehead atoms. The SMILES string of the molecule is CC(C)c1nnc(N2C(=O)C(O)=C(C(=O)c3cccs3)C2c2ccccn2)s1. The lowest BCUT2D eigenvalue weighted by Crippen LogP contribution is -2.31. The van der Waals surface area contributed by atoms with Crippen LogP contribution in [0.2, 0.25) is 0 Å². The molecule has 1 N–H and O–H groups in total. The van der Waals surface area contributed by atoms with Gasteiger partial charge in [-0.25, -0.2) is 0 Å². The average molecular weight is 412 g/mol. The zero-order chi connectivity index (χ0) is 19.8. The Morgan fingerprint density at radius 2 is 2.04 bits per heavy atom. The third kappa shape index (κ3) is 3.02. The van der Waals surface area contributed by atoms with Crippen LogP contribution in [0.25, 0.3) is 0 Å². The van der Waals surface area contributed by atoms with Gasteiger partial charge in [0.05, 0.1) is 16.1 Å². The van der Waals surface area contributed by atoms with E-state index in [1.54, 1.807) is 41.9 Å². The van der Waals surface area contributed by atoms with Gasteiger partial charge in [0, 0.05) is 12.1 Å². The molecule has 4 heterocycles. The summed E-state index contributed by atoms with van der Waals surface area (Å²) in [6.45, 7) is 3.96. The molecule has 28 heavy (non-hydrogen) atoms. The lowest BCUT2D eigenvalue weighted by atomic mass is 9.99. The summed E-state index contributed by atoms with van der Waals surface area (Å²) in [5.41, 5.74) is 0.480. The molecule has 3 aromatic heterocycles. The topological polar surface area (TPSA) is 96.3 Å². The Labute approximate surface area is 169 Å². The van der Waals surface area contributed by atoms with E-state index in [9.17, 15) is 14.7 Å². The number of amides is 1. The molecule has 1 aliphatic heterocycles. The van der Waals surface area contributed by atoms with Crippen LogP contribution >= 0.6 is 22.7 Å². The van der Waals surface area contributed by atoms with Crippen molar-refractivity contribution in [3.8, 4) is 0 Å². The number of aliphatic hydroxyl groups is 1. The van der Waals surface area contributed by atoms with Gasteiger partial charge < -0.3 is 5.11 Å². The van der Waals surface area contributed by atoms with Gasteiger partial charge in [0.15, 0.2) is 5.76 Å². The van der Waals surface area contributed by atoms with Crippen LogP contribution in [0.15, 0.2) is 53.2 Å². The fourth-order valence-electron chi connectivity index (χ4n) is 2.95. The second-order valence-electron chi connectivity index (χ2n) is 6.48. The number of hydrogen-bond donors (Lipinski definition) is 1.